The second-order valence-corrected chi connectivity index (χ2v) is 7.32. The topological polar surface area (TPSA) is 71.1 Å². The second kappa shape index (κ2) is 8.73. The number of nitrogens with one attached hydrogen (secondary N) is 2. The van der Waals surface area contributed by atoms with Crippen LogP contribution in [0.4, 0.5) is 15.8 Å². The molecular formula is C20H20FN3O2S. The van der Waals surface area contributed by atoms with Gasteiger partial charge in [-0.2, -0.15) is 0 Å². The molecule has 27 heavy (non-hydrogen) atoms. The fraction of sp³-hybridized carbons (Fsp3) is 0.250. The molecule has 140 valence electrons. The van der Waals surface area contributed by atoms with E-state index in [1.165, 1.54) is 29.8 Å². The molecule has 1 heterocycles. The number of carbonyl (C=O) groups excluding carboxylic acids is 2. The van der Waals surface area contributed by atoms with Crippen molar-refractivity contribution in [1.29, 1.82) is 0 Å². The van der Waals surface area contributed by atoms with Gasteiger partial charge in [-0.15, -0.1) is 11.3 Å². The van der Waals surface area contributed by atoms with Crippen LogP contribution in [0.15, 0.2) is 42.5 Å². The van der Waals surface area contributed by atoms with Gasteiger partial charge in [0.15, 0.2) is 0 Å². The quantitative estimate of drug-likeness (QED) is 0.577. The van der Waals surface area contributed by atoms with E-state index in [-0.39, 0.29) is 17.5 Å². The Morgan fingerprint density at radius 3 is 2.70 bits per heavy atom. The van der Waals surface area contributed by atoms with E-state index in [9.17, 15) is 14.0 Å². The van der Waals surface area contributed by atoms with Crippen molar-refractivity contribution in [2.75, 3.05) is 10.6 Å². The van der Waals surface area contributed by atoms with Gasteiger partial charge in [0.1, 0.15) is 5.82 Å². The molecule has 0 atom stereocenters. The lowest BCUT2D eigenvalue weighted by molar-refractivity contribution is -0.116. The number of aromatic nitrogens is 1. The Hall–Kier alpha value is -2.80. The smallest absolute Gasteiger partial charge is 0.224 e. The standard InChI is InChI=1S/C20H20FN3O2S/c1-13(25)22-14-10-11-15(21)17(12-14)23-19(26)8-4-5-9-20-24-16-6-2-3-7-18(16)27-20/h2-3,6-7,10-12H,4-5,8-9H2,1H3,(H,22,25)(H,23,26). The molecule has 0 saturated heterocycles. The average molecular weight is 385 g/mol. The number of aryl methyl sites for hydroxylation is 1. The number of rotatable bonds is 7. The van der Waals surface area contributed by atoms with Crippen molar-refractivity contribution in [2.45, 2.75) is 32.6 Å². The van der Waals surface area contributed by atoms with Crippen molar-refractivity contribution in [2.24, 2.45) is 0 Å². The van der Waals surface area contributed by atoms with Gasteiger partial charge in [-0.25, -0.2) is 9.37 Å². The highest BCUT2D eigenvalue weighted by atomic mass is 32.1. The van der Waals surface area contributed by atoms with Gasteiger partial charge in [-0.3, -0.25) is 9.59 Å². The molecule has 0 spiro atoms. The first-order valence-corrected chi connectivity index (χ1v) is 9.54. The number of para-hydroxylation sites is 1. The van der Waals surface area contributed by atoms with Gasteiger partial charge >= 0.3 is 0 Å². The Kier molecular flexibility index (Phi) is 6.13. The summed E-state index contributed by atoms with van der Waals surface area (Å²) < 4.78 is 15.0. The number of amides is 2. The van der Waals surface area contributed by atoms with Crippen LogP contribution in [-0.4, -0.2) is 16.8 Å². The van der Waals surface area contributed by atoms with Crippen LogP contribution in [0.1, 0.15) is 31.2 Å². The van der Waals surface area contributed by atoms with Gasteiger partial charge in [0.25, 0.3) is 0 Å². The predicted molar refractivity (Wildman–Crippen MR) is 107 cm³/mol. The number of carbonyl (C=O) groups is 2. The molecular weight excluding hydrogens is 365 g/mol. The normalized spacial score (nSPS) is 10.7. The minimum Gasteiger partial charge on any atom is -0.326 e. The molecule has 3 aromatic rings. The van der Waals surface area contributed by atoms with Crippen molar-refractivity contribution < 1.29 is 14.0 Å². The van der Waals surface area contributed by atoms with Gasteiger partial charge in [-0.05, 0) is 49.6 Å². The third kappa shape index (κ3) is 5.34. The summed E-state index contributed by atoms with van der Waals surface area (Å²) in [7, 11) is 0. The van der Waals surface area contributed by atoms with Gasteiger partial charge in [-0.1, -0.05) is 12.1 Å². The Labute approximate surface area is 160 Å². The molecule has 2 amide bonds. The number of nitrogens with zero attached hydrogens (tertiary/aromatic N) is 1. The maximum absolute atomic E-state index is 13.8. The maximum Gasteiger partial charge on any atom is 0.224 e. The first kappa shape index (κ1) is 19.0. The van der Waals surface area contributed by atoms with Crippen LogP contribution in [0.2, 0.25) is 0 Å². The molecule has 0 bridgehead atoms. The Morgan fingerprint density at radius 2 is 1.93 bits per heavy atom. The number of halogens is 1. The number of fused-ring (bicyclic) bond motifs is 1. The van der Waals surface area contributed by atoms with E-state index in [4.69, 9.17) is 0 Å². The zero-order valence-electron chi connectivity index (χ0n) is 14.9. The molecule has 0 saturated carbocycles. The van der Waals surface area contributed by atoms with Gasteiger partial charge in [0, 0.05) is 19.0 Å². The SMILES string of the molecule is CC(=O)Nc1ccc(F)c(NC(=O)CCCCc2nc3ccccc3s2)c1. The van der Waals surface area contributed by atoms with Crippen molar-refractivity contribution in [3.63, 3.8) is 0 Å². The first-order chi connectivity index (χ1) is 13.0. The zero-order valence-corrected chi connectivity index (χ0v) is 15.7. The fourth-order valence-corrected chi connectivity index (χ4v) is 3.71. The minimum absolute atomic E-state index is 0.0671. The van der Waals surface area contributed by atoms with Crippen LogP contribution in [-0.2, 0) is 16.0 Å². The number of hydrogen-bond donors (Lipinski definition) is 2. The van der Waals surface area contributed by atoms with Crippen molar-refractivity contribution in [3.05, 3.63) is 53.3 Å². The van der Waals surface area contributed by atoms with Crippen LogP contribution in [0.3, 0.4) is 0 Å². The van der Waals surface area contributed by atoms with E-state index in [0.717, 1.165) is 23.4 Å². The molecule has 0 fully saturated rings. The van der Waals surface area contributed by atoms with E-state index in [1.807, 2.05) is 24.3 Å². The molecule has 0 radical (unpaired) electrons. The van der Waals surface area contributed by atoms with Gasteiger partial charge in [0.2, 0.25) is 11.8 Å². The predicted octanol–water partition coefficient (Wildman–Crippen LogP) is 4.75. The number of benzene rings is 2. The number of unbranched alkanes of at least 4 members (excludes halogenated alkanes) is 1. The number of anilines is 2. The summed E-state index contributed by atoms with van der Waals surface area (Å²) in [5, 5.41) is 6.19. The molecule has 5 nitrogen and oxygen atoms in total. The molecule has 1 aromatic heterocycles. The van der Waals surface area contributed by atoms with Crippen LogP contribution in [0.5, 0.6) is 0 Å². The van der Waals surface area contributed by atoms with E-state index in [1.54, 1.807) is 11.3 Å². The lowest BCUT2D eigenvalue weighted by Crippen LogP contribution is -2.13. The number of hydrogen-bond acceptors (Lipinski definition) is 4. The third-order valence-electron chi connectivity index (χ3n) is 3.94. The number of thiazole rings is 1. The highest BCUT2D eigenvalue weighted by Gasteiger charge is 2.09. The molecule has 0 aliphatic heterocycles. The van der Waals surface area contributed by atoms with Crippen LogP contribution in [0.25, 0.3) is 10.2 Å². The summed E-state index contributed by atoms with van der Waals surface area (Å²) in [6.07, 6.45) is 2.64. The minimum atomic E-state index is -0.535. The van der Waals surface area contributed by atoms with Crippen molar-refractivity contribution in [3.8, 4) is 0 Å². The van der Waals surface area contributed by atoms with Crippen LogP contribution < -0.4 is 10.6 Å². The van der Waals surface area contributed by atoms with Gasteiger partial charge < -0.3 is 10.6 Å². The Bertz CT molecular complexity index is 938. The van der Waals surface area contributed by atoms with Crippen LogP contribution >= 0.6 is 11.3 Å². The molecule has 0 aliphatic rings. The molecule has 0 unspecified atom stereocenters. The highest BCUT2D eigenvalue weighted by Crippen LogP contribution is 2.23. The first-order valence-electron chi connectivity index (χ1n) is 8.73. The zero-order chi connectivity index (χ0) is 19.2. The summed E-state index contributed by atoms with van der Waals surface area (Å²) in [4.78, 5) is 27.7. The summed E-state index contributed by atoms with van der Waals surface area (Å²) in [6, 6.07) is 12.1. The summed E-state index contributed by atoms with van der Waals surface area (Å²) in [5.41, 5.74) is 1.51. The summed E-state index contributed by atoms with van der Waals surface area (Å²) in [5.74, 6) is -1.04. The van der Waals surface area contributed by atoms with Crippen molar-refractivity contribution in [1.82, 2.24) is 4.98 Å². The Morgan fingerprint density at radius 1 is 1.11 bits per heavy atom. The monoisotopic (exact) mass is 385 g/mol. The van der Waals surface area contributed by atoms with E-state index < -0.39 is 5.82 Å². The average Bonchev–Trinajstić information content (AvgIpc) is 3.04. The fourth-order valence-electron chi connectivity index (χ4n) is 2.70. The second-order valence-electron chi connectivity index (χ2n) is 6.21. The van der Waals surface area contributed by atoms with Crippen molar-refractivity contribution >= 4 is 44.7 Å². The maximum atomic E-state index is 13.8. The third-order valence-corrected chi connectivity index (χ3v) is 5.04. The Balaban J connectivity index is 1.47. The molecule has 3 rings (SSSR count). The molecule has 0 aliphatic carbocycles. The van der Waals surface area contributed by atoms with Crippen LogP contribution in [0, 0.1) is 5.82 Å². The lowest BCUT2D eigenvalue weighted by atomic mass is 10.2. The molecule has 2 aromatic carbocycles. The molecule has 7 heteroatoms. The molecule has 2 N–H and O–H groups in total. The lowest BCUT2D eigenvalue weighted by Gasteiger charge is -2.09. The van der Waals surface area contributed by atoms with Gasteiger partial charge in [0.05, 0.1) is 20.9 Å². The van der Waals surface area contributed by atoms with E-state index >= 15 is 0 Å². The highest BCUT2D eigenvalue weighted by molar-refractivity contribution is 7.18. The van der Waals surface area contributed by atoms with E-state index in [0.29, 0.717) is 18.5 Å². The van der Waals surface area contributed by atoms with E-state index in [2.05, 4.69) is 15.6 Å². The summed E-state index contributed by atoms with van der Waals surface area (Å²) >= 11 is 1.67. The summed E-state index contributed by atoms with van der Waals surface area (Å²) in [6.45, 7) is 1.37. The largest absolute Gasteiger partial charge is 0.326 e.